The van der Waals surface area contributed by atoms with Crippen molar-refractivity contribution in [1.82, 2.24) is 4.90 Å². The van der Waals surface area contributed by atoms with Crippen molar-refractivity contribution >= 4 is 0 Å². The second-order valence-corrected chi connectivity index (χ2v) is 4.33. The molecule has 0 aliphatic carbocycles. The summed E-state index contributed by atoms with van der Waals surface area (Å²) in [7, 11) is 4.28. The lowest BCUT2D eigenvalue weighted by Crippen LogP contribution is -2.16. The lowest BCUT2D eigenvalue weighted by atomic mass is 9.96. The molecule has 0 amide bonds. The van der Waals surface area contributed by atoms with Crippen molar-refractivity contribution in [3.8, 4) is 0 Å². The van der Waals surface area contributed by atoms with Crippen molar-refractivity contribution in [3.05, 3.63) is 0 Å². The summed E-state index contributed by atoms with van der Waals surface area (Å²) < 4.78 is 0. The first-order chi connectivity index (χ1) is 5.02. The second kappa shape index (κ2) is 5.59. The molecule has 0 saturated carbocycles. The van der Waals surface area contributed by atoms with E-state index in [0.717, 1.165) is 11.8 Å². The second-order valence-electron chi connectivity index (χ2n) is 4.33. The lowest BCUT2D eigenvalue weighted by Gasteiger charge is -2.16. The molecule has 0 rings (SSSR count). The highest BCUT2D eigenvalue weighted by molar-refractivity contribution is 4.57. The van der Waals surface area contributed by atoms with Gasteiger partial charge < -0.3 is 4.90 Å². The van der Waals surface area contributed by atoms with Gasteiger partial charge in [-0.3, -0.25) is 0 Å². The van der Waals surface area contributed by atoms with Crippen LogP contribution in [0.25, 0.3) is 0 Å². The summed E-state index contributed by atoms with van der Waals surface area (Å²) in [6.45, 7) is 8.18. The quantitative estimate of drug-likeness (QED) is 0.593. The van der Waals surface area contributed by atoms with Gasteiger partial charge in [0.25, 0.3) is 0 Å². The van der Waals surface area contributed by atoms with Gasteiger partial charge in [-0.15, -0.1) is 0 Å². The highest BCUT2D eigenvalue weighted by Crippen LogP contribution is 2.14. The molecule has 1 unspecified atom stereocenters. The Balaban J connectivity index is 3.29. The summed E-state index contributed by atoms with van der Waals surface area (Å²) in [6.07, 6.45) is 2.71. The van der Waals surface area contributed by atoms with Gasteiger partial charge in [-0.05, 0) is 45.3 Å². The molecule has 68 valence electrons. The molecule has 0 aromatic carbocycles. The van der Waals surface area contributed by atoms with Crippen LogP contribution in [0.1, 0.15) is 33.6 Å². The Labute approximate surface area is 71.8 Å². The third-order valence-corrected chi connectivity index (χ3v) is 1.94. The van der Waals surface area contributed by atoms with Gasteiger partial charge in [0.05, 0.1) is 0 Å². The van der Waals surface area contributed by atoms with Gasteiger partial charge in [0, 0.05) is 0 Å². The lowest BCUT2D eigenvalue weighted by molar-refractivity contribution is 0.332. The van der Waals surface area contributed by atoms with Crippen LogP contribution in [0, 0.1) is 11.8 Å². The van der Waals surface area contributed by atoms with Crippen LogP contribution in [0.15, 0.2) is 0 Å². The van der Waals surface area contributed by atoms with Gasteiger partial charge in [0.15, 0.2) is 0 Å². The van der Waals surface area contributed by atoms with E-state index in [1.165, 1.54) is 19.4 Å². The fourth-order valence-corrected chi connectivity index (χ4v) is 1.40. The van der Waals surface area contributed by atoms with Crippen molar-refractivity contribution in [2.45, 2.75) is 33.6 Å². The first-order valence-corrected chi connectivity index (χ1v) is 4.67. The topological polar surface area (TPSA) is 3.24 Å². The molecule has 0 aliphatic heterocycles. The summed E-state index contributed by atoms with van der Waals surface area (Å²) >= 11 is 0. The highest BCUT2D eigenvalue weighted by Gasteiger charge is 2.04. The third-order valence-electron chi connectivity index (χ3n) is 1.94. The Bertz CT molecular complexity index is 86.9. The Morgan fingerprint density at radius 3 is 2.00 bits per heavy atom. The van der Waals surface area contributed by atoms with Gasteiger partial charge >= 0.3 is 0 Å². The van der Waals surface area contributed by atoms with Gasteiger partial charge in [-0.25, -0.2) is 0 Å². The SMILES string of the molecule is CC(C)CC(C)CCN(C)C. The van der Waals surface area contributed by atoms with E-state index in [-0.39, 0.29) is 0 Å². The summed E-state index contributed by atoms with van der Waals surface area (Å²) in [5.74, 6) is 1.74. The number of nitrogens with zero attached hydrogens (tertiary/aromatic N) is 1. The zero-order valence-corrected chi connectivity index (χ0v) is 8.72. The van der Waals surface area contributed by atoms with Crippen LogP contribution in [0.2, 0.25) is 0 Å². The maximum atomic E-state index is 2.35. The molecule has 0 bridgehead atoms. The summed E-state index contributed by atoms with van der Waals surface area (Å²) in [4.78, 5) is 2.26. The molecule has 0 aliphatic rings. The van der Waals surface area contributed by atoms with Crippen molar-refractivity contribution in [2.24, 2.45) is 11.8 Å². The molecule has 1 atom stereocenters. The molecule has 0 N–H and O–H groups in total. The van der Waals surface area contributed by atoms with E-state index in [1.807, 2.05) is 0 Å². The zero-order valence-electron chi connectivity index (χ0n) is 8.72. The van der Waals surface area contributed by atoms with Gasteiger partial charge in [0.1, 0.15) is 0 Å². The molecular formula is C10H23N. The zero-order chi connectivity index (χ0) is 8.85. The fraction of sp³-hybridized carbons (Fsp3) is 1.00. The van der Waals surface area contributed by atoms with Gasteiger partial charge in [-0.2, -0.15) is 0 Å². The normalized spacial score (nSPS) is 14.5. The van der Waals surface area contributed by atoms with E-state index in [4.69, 9.17) is 0 Å². The average Bonchev–Trinajstić information content (AvgIpc) is 1.82. The number of hydrogen-bond donors (Lipinski definition) is 0. The molecule has 1 nitrogen and oxygen atoms in total. The number of hydrogen-bond acceptors (Lipinski definition) is 1. The van der Waals surface area contributed by atoms with Crippen LogP contribution in [0.5, 0.6) is 0 Å². The minimum atomic E-state index is 0.854. The Kier molecular flexibility index (Phi) is 5.57. The number of rotatable bonds is 5. The molecule has 11 heavy (non-hydrogen) atoms. The minimum Gasteiger partial charge on any atom is -0.309 e. The molecule has 0 fully saturated rings. The van der Waals surface area contributed by atoms with E-state index >= 15 is 0 Å². The molecule has 0 aromatic heterocycles. The first kappa shape index (κ1) is 11.0. The Hall–Kier alpha value is -0.0400. The van der Waals surface area contributed by atoms with Crippen LogP contribution in [-0.4, -0.2) is 25.5 Å². The fourth-order valence-electron chi connectivity index (χ4n) is 1.40. The molecular weight excluding hydrogens is 134 g/mol. The molecule has 0 heterocycles. The monoisotopic (exact) mass is 157 g/mol. The predicted octanol–water partition coefficient (Wildman–Crippen LogP) is 2.62. The van der Waals surface area contributed by atoms with E-state index in [2.05, 4.69) is 39.8 Å². The summed E-state index contributed by atoms with van der Waals surface area (Å²) in [6, 6.07) is 0. The van der Waals surface area contributed by atoms with Crippen LogP contribution in [0.3, 0.4) is 0 Å². The standard InChI is InChI=1S/C10H23N/c1-9(2)8-10(3)6-7-11(4)5/h9-10H,6-8H2,1-5H3. The Morgan fingerprint density at radius 2 is 1.64 bits per heavy atom. The molecule has 0 saturated heterocycles. The molecule has 0 radical (unpaired) electrons. The van der Waals surface area contributed by atoms with Gasteiger partial charge in [0.2, 0.25) is 0 Å². The smallest absolute Gasteiger partial charge is 0.00223 e. The van der Waals surface area contributed by atoms with Crippen molar-refractivity contribution in [2.75, 3.05) is 20.6 Å². The molecule has 1 heteroatoms. The van der Waals surface area contributed by atoms with Gasteiger partial charge in [-0.1, -0.05) is 20.8 Å². The first-order valence-electron chi connectivity index (χ1n) is 4.67. The maximum absolute atomic E-state index is 2.35. The largest absolute Gasteiger partial charge is 0.309 e. The minimum absolute atomic E-state index is 0.854. The molecule has 0 aromatic rings. The predicted molar refractivity (Wildman–Crippen MR) is 51.8 cm³/mol. The third kappa shape index (κ3) is 7.86. The van der Waals surface area contributed by atoms with Crippen molar-refractivity contribution in [1.29, 1.82) is 0 Å². The van der Waals surface area contributed by atoms with Crippen molar-refractivity contribution < 1.29 is 0 Å². The average molecular weight is 157 g/mol. The summed E-state index contributed by atoms with van der Waals surface area (Å²) in [5, 5.41) is 0. The van der Waals surface area contributed by atoms with Crippen molar-refractivity contribution in [3.63, 3.8) is 0 Å². The Morgan fingerprint density at radius 1 is 1.09 bits per heavy atom. The maximum Gasteiger partial charge on any atom is -0.00223 e. The van der Waals surface area contributed by atoms with E-state index in [0.29, 0.717) is 0 Å². The van der Waals surface area contributed by atoms with E-state index in [9.17, 15) is 0 Å². The van der Waals surface area contributed by atoms with Crippen LogP contribution in [0.4, 0.5) is 0 Å². The highest BCUT2D eigenvalue weighted by atomic mass is 15.0. The van der Waals surface area contributed by atoms with E-state index < -0.39 is 0 Å². The molecule has 0 spiro atoms. The van der Waals surface area contributed by atoms with Crippen LogP contribution < -0.4 is 0 Å². The van der Waals surface area contributed by atoms with Crippen LogP contribution >= 0.6 is 0 Å². The van der Waals surface area contributed by atoms with Crippen LogP contribution in [-0.2, 0) is 0 Å². The van der Waals surface area contributed by atoms with E-state index in [1.54, 1.807) is 0 Å². The summed E-state index contributed by atoms with van der Waals surface area (Å²) in [5.41, 5.74) is 0.